The Bertz CT molecular complexity index is 607. The van der Waals surface area contributed by atoms with Crippen LogP contribution in [0.3, 0.4) is 0 Å². The van der Waals surface area contributed by atoms with Gasteiger partial charge in [-0.3, -0.25) is 0 Å². The Morgan fingerprint density at radius 1 is 1.20 bits per heavy atom. The average Bonchev–Trinajstić information content (AvgIpc) is 2.65. The highest BCUT2D eigenvalue weighted by Gasteiger charge is 2.12. The summed E-state index contributed by atoms with van der Waals surface area (Å²) in [4.78, 5) is 9.00. The quantitative estimate of drug-likeness (QED) is 0.933. The minimum atomic E-state index is 0.0841. The summed E-state index contributed by atoms with van der Waals surface area (Å²) in [6.07, 6.45) is 1.88. The SMILES string of the molecule is Cc1cc(C)n(-c2ncc(CNC(C)(C)C)c(C)n2)n1. The van der Waals surface area contributed by atoms with Crippen LogP contribution in [-0.4, -0.2) is 25.3 Å². The Morgan fingerprint density at radius 3 is 2.40 bits per heavy atom. The summed E-state index contributed by atoms with van der Waals surface area (Å²) in [6, 6.07) is 2.02. The molecule has 0 unspecified atom stereocenters. The zero-order valence-electron chi connectivity index (χ0n) is 13.2. The van der Waals surface area contributed by atoms with Gasteiger partial charge in [0.15, 0.2) is 0 Å². The van der Waals surface area contributed by atoms with Gasteiger partial charge in [0.25, 0.3) is 5.95 Å². The van der Waals surface area contributed by atoms with Crippen LogP contribution in [0.15, 0.2) is 12.3 Å². The van der Waals surface area contributed by atoms with Crippen LogP contribution in [0.2, 0.25) is 0 Å². The van der Waals surface area contributed by atoms with Crippen molar-refractivity contribution in [2.75, 3.05) is 0 Å². The van der Waals surface area contributed by atoms with E-state index in [0.29, 0.717) is 5.95 Å². The van der Waals surface area contributed by atoms with Crippen LogP contribution in [0.5, 0.6) is 0 Å². The summed E-state index contributed by atoms with van der Waals surface area (Å²) >= 11 is 0. The normalized spacial score (nSPS) is 11.9. The van der Waals surface area contributed by atoms with E-state index >= 15 is 0 Å². The molecule has 0 aliphatic carbocycles. The van der Waals surface area contributed by atoms with E-state index in [9.17, 15) is 0 Å². The predicted octanol–water partition coefficient (Wildman–Crippen LogP) is 2.48. The van der Waals surface area contributed by atoms with E-state index in [1.54, 1.807) is 4.68 Å². The first kappa shape index (κ1) is 14.7. The molecule has 0 aromatic carbocycles. The first-order chi connectivity index (χ1) is 9.26. The molecule has 108 valence electrons. The molecule has 0 aliphatic heterocycles. The van der Waals surface area contributed by atoms with Crippen LogP contribution in [0.4, 0.5) is 0 Å². The topological polar surface area (TPSA) is 55.6 Å². The lowest BCUT2D eigenvalue weighted by molar-refractivity contribution is 0.423. The summed E-state index contributed by atoms with van der Waals surface area (Å²) in [5.41, 5.74) is 4.20. The maximum atomic E-state index is 4.57. The van der Waals surface area contributed by atoms with E-state index in [-0.39, 0.29) is 5.54 Å². The number of hydrogen-bond donors (Lipinski definition) is 1. The van der Waals surface area contributed by atoms with Crippen LogP contribution in [0.25, 0.3) is 5.95 Å². The third kappa shape index (κ3) is 3.42. The lowest BCUT2D eigenvalue weighted by Gasteiger charge is -2.21. The third-order valence-electron chi connectivity index (χ3n) is 3.08. The van der Waals surface area contributed by atoms with Crippen molar-refractivity contribution < 1.29 is 0 Å². The molecule has 2 heterocycles. The zero-order valence-corrected chi connectivity index (χ0v) is 13.2. The van der Waals surface area contributed by atoms with Crippen molar-refractivity contribution in [2.45, 2.75) is 53.6 Å². The number of nitrogens with one attached hydrogen (secondary N) is 1. The highest BCUT2D eigenvalue weighted by Crippen LogP contribution is 2.11. The van der Waals surface area contributed by atoms with Gasteiger partial charge in [-0.15, -0.1) is 0 Å². The van der Waals surface area contributed by atoms with Crippen LogP contribution in [0, 0.1) is 20.8 Å². The molecule has 0 atom stereocenters. The molecule has 0 saturated heterocycles. The number of aromatic nitrogens is 4. The predicted molar refractivity (Wildman–Crippen MR) is 80.0 cm³/mol. The largest absolute Gasteiger partial charge is 0.308 e. The van der Waals surface area contributed by atoms with Crippen molar-refractivity contribution in [3.63, 3.8) is 0 Å². The zero-order chi connectivity index (χ0) is 14.9. The van der Waals surface area contributed by atoms with Gasteiger partial charge in [0.05, 0.1) is 5.69 Å². The molecule has 1 N–H and O–H groups in total. The van der Waals surface area contributed by atoms with Crippen molar-refractivity contribution in [1.82, 2.24) is 25.1 Å². The van der Waals surface area contributed by atoms with E-state index in [1.165, 1.54) is 0 Å². The lowest BCUT2D eigenvalue weighted by Crippen LogP contribution is -2.35. The van der Waals surface area contributed by atoms with Gasteiger partial charge in [-0.1, -0.05) is 0 Å². The Balaban J connectivity index is 2.24. The number of rotatable bonds is 3. The molecule has 5 heteroatoms. The van der Waals surface area contributed by atoms with Crippen LogP contribution in [0.1, 0.15) is 43.4 Å². The molecule has 0 fully saturated rings. The Morgan fingerprint density at radius 2 is 1.90 bits per heavy atom. The molecule has 0 bridgehead atoms. The fourth-order valence-corrected chi connectivity index (χ4v) is 1.95. The molecule has 2 aromatic heterocycles. The molecule has 2 aromatic rings. The first-order valence-electron chi connectivity index (χ1n) is 6.87. The molecular formula is C15H23N5. The second kappa shape index (κ2) is 5.32. The fourth-order valence-electron chi connectivity index (χ4n) is 1.95. The second-order valence-electron chi connectivity index (χ2n) is 6.22. The van der Waals surface area contributed by atoms with Crippen molar-refractivity contribution in [1.29, 1.82) is 0 Å². The monoisotopic (exact) mass is 273 g/mol. The smallest absolute Gasteiger partial charge is 0.250 e. The molecule has 2 rings (SSSR count). The van der Waals surface area contributed by atoms with Gasteiger partial charge in [-0.05, 0) is 47.6 Å². The van der Waals surface area contributed by atoms with Gasteiger partial charge >= 0.3 is 0 Å². The van der Waals surface area contributed by atoms with Gasteiger partial charge in [-0.25, -0.2) is 14.6 Å². The Labute approximate surface area is 120 Å². The first-order valence-corrected chi connectivity index (χ1v) is 6.87. The summed E-state index contributed by atoms with van der Waals surface area (Å²) in [5, 5.41) is 7.86. The Kier molecular flexibility index (Phi) is 3.90. The molecule has 0 aliphatic rings. The van der Waals surface area contributed by atoms with Gasteiger partial charge < -0.3 is 5.32 Å². The maximum Gasteiger partial charge on any atom is 0.250 e. The van der Waals surface area contributed by atoms with Crippen molar-refractivity contribution in [2.24, 2.45) is 0 Å². The average molecular weight is 273 g/mol. The van der Waals surface area contributed by atoms with Gasteiger partial charge in [0, 0.05) is 35.2 Å². The number of hydrogen-bond acceptors (Lipinski definition) is 4. The molecular weight excluding hydrogens is 250 g/mol. The van der Waals surface area contributed by atoms with Gasteiger partial charge in [-0.2, -0.15) is 5.10 Å². The maximum absolute atomic E-state index is 4.57. The summed E-state index contributed by atoms with van der Waals surface area (Å²) < 4.78 is 1.78. The van der Waals surface area contributed by atoms with E-state index in [1.807, 2.05) is 33.0 Å². The second-order valence-corrected chi connectivity index (χ2v) is 6.22. The Hall–Kier alpha value is -1.75. The minimum absolute atomic E-state index is 0.0841. The van der Waals surface area contributed by atoms with E-state index in [0.717, 1.165) is 29.2 Å². The van der Waals surface area contributed by atoms with Crippen LogP contribution in [-0.2, 0) is 6.54 Å². The molecule has 0 amide bonds. The summed E-state index contributed by atoms with van der Waals surface area (Å²) in [6.45, 7) is 13.2. The fraction of sp³-hybridized carbons (Fsp3) is 0.533. The van der Waals surface area contributed by atoms with E-state index in [2.05, 4.69) is 41.2 Å². The van der Waals surface area contributed by atoms with Crippen LogP contribution >= 0.6 is 0 Å². The van der Waals surface area contributed by atoms with Crippen molar-refractivity contribution in [3.8, 4) is 5.95 Å². The van der Waals surface area contributed by atoms with Crippen molar-refractivity contribution >= 4 is 0 Å². The van der Waals surface area contributed by atoms with Crippen LogP contribution < -0.4 is 5.32 Å². The minimum Gasteiger partial charge on any atom is -0.308 e. The number of nitrogens with zero attached hydrogens (tertiary/aromatic N) is 4. The lowest BCUT2D eigenvalue weighted by atomic mass is 10.1. The molecule has 0 saturated carbocycles. The highest BCUT2D eigenvalue weighted by atomic mass is 15.4. The molecule has 5 nitrogen and oxygen atoms in total. The highest BCUT2D eigenvalue weighted by molar-refractivity contribution is 5.24. The van der Waals surface area contributed by atoms with E-state index in [4.69, 9.17) is 0 Å². The van der Waals surface area contributed by atoms with Crippen molar-refractivity contribution in [3.05, 3.63) is 34.9 Å². The van der Waals surface area contributed by atoms with Gasteiger partial charge in [0.1, 0.15) is 0 Å². The summed E-state index contributed by atoms with van der Waals surface area (Å²) in [5.74, 6) is 0.632. The summed E-state index contributed by atoms with van der Waals surface area (Å²) in [7, 11) is 0. The number of aryl methyl sites for hydroxylation is 3. The molecule has 0 radical (unpaired) electrons. The molecule has 20 heavy (non-hydrogen) atoms. The molecule has 0 spiro atoms. The third-order valence-corrected chi connectivity index (χ3v) is 3.08. The van der Waals surface area contributed by atoms with Gasteiger partial charge in [0.2, 0.25) is 0 Å². The standard InChI is InChI=1S/C15H23N5/c1-10-7-11(2)20(19-10)14-16-8-13(12(3)18-14)9-17-15(4,5)6/h7-8,17H,9H2,1-6H3. The van der Waals surface area contributed by atoms with E-state index < -0.39 is 0 Å².